The van der Waals surface area contributed by atoms with Gasteiger partial charge in [0.25, 0.3) is 11.6 Å². The summed E-state index contributed by atoms with van der Waals surface area (Å²) in [5, 5.41) is 10.7. The molecule has 0 aromatic carbocycles. The molecule has 9 heteroatoms. The van der Waals surface area contributed by atoms with E-state index in [1.165, 1.54) is 16.2 Å². The van der Waals surface area contributed by atoms with E-state index in [1.54, 1.807) is 13.1 Å². The molecule has 0 atom stereocenters. The topological polar surface area (TPSA) is 76.3 Å². The second kappa shape index (κ2) is 6.38. The van der Waals surface area contributed by atoms with Gasteiger partial charge in [-0.3, -0.25) is 14.9 Å². The molecular weight excluding hydrogens is 337 g/mol. The lowest BCUT2D eigenvalue weighted by Crippen LogP contribution is -2.26. The van der Waals surface area contributed by atoms with Crippen LogP contribution in [0.5, 0.6) is 0 Å². The maximum atomic E-state index is 12.3. The Labute approximate surface area is 134 Å². The van der Waals surface area contributed by atoms with E-state index in [2.05, 4.69) is 4.98 Å². The monoisotopic (exact) mass is 345 g/mol. The molecule has 0 saturated carbocycles. The molecule has 0 radical (unpaired) electrons. The molecule has 110 valence electrons. The van der Waals surface area contributed by atoms with E-state index in [4.69, 9.17) is 23.2 Å². The standard InChI is InChI=1S/C12H9Cl2N3O3S/c1-16(6-8-2-3-10(13)21-8)12(18)9-4-7(17(19)20)5-15-11(9)14/h2-5H,6H2,1H3. The second-order valence-electron chi connectivity index (χ2n) is 4.16. The fraction of sp³-hybridized carbons (Fsp3) is 0.167. The van der Waals surface area contributed by atoms with Crippen molar-refractivity contribution in [3.05, 3.63) is 54.4 Å². The summed E-state index contributed by atoms with van der Waals surface area (Å²) in [6.07, 6.45) is 1.01. The number of carbonyl (C=O) groups excluding carboxylic acids is 1. The molecule has 0 aliphatic rings. The van der Waals surface area contributed by atoms with Crippen LogP contribution in [-0.4, -0.2) is 27.8 Å². The van der Waals surface area contributed by atoms with Crippen molar-refractivity contribution in [3.63, 3.8) is 0 Å². The van der Waals surface area contributed by atoms with Crippen LogP contribution in [0.2, 0.25) is 9.49 Å². The van der Waals surface area contributed by atoms with Gasteiger partial charge in [-0.1, -0.05) is 23.2 Å². The van der Waals surface area contributed by atoms with Crippen molar-refractivity contribution in [2.24, 2.45) is 0 Å². The van der Waals surface area contributed by atoms with E-state index >= 15 is 0 Å². The highest BCUT2D eigenvalue weighted by Gasteiger charge is 2.20. The summed E-state index contributed by atoms with van der Waals surface area (Å²) in [6.45, 7) is 0.329. The Kier molecular flexibility index (Phi) is 4.76. The number of thiophene rings is 1. The molecule has 0 bridgehead atoms. The Bertz CT molecular complexity index is 705. The average molecular weight is 346 g/mol. The summed E-state index contributed by atoms with van der Waals surface area (Å²) in [6, 6.07) is 4.67. The minimum absolute atomic E-state index is 0.00369. The second-order valence-corrected chi connectivity index (χ2v) is 6.31. The van der Waals surface area contributed by atoms with Crippen molar-refractivity contribution >= 4 is 46.1 Å². The number of nitro groups is 1. The number of aromatic nitrogens is 1. The van der Waals surface area contributed by atoms with Gasteiger partial charge in [-0.2, -0.15) is 0 Å². The number of rotatable bonds is 4. The van der Waals surface area contributed by atoms with Gasteiger partial charge < -0.3 is 4.90 Å². The molecule has 0 saturated heterocycles. The highest BCUT2D eigenvalue weighted by atomic mass is 35.5. The minimum Gasteiger partial charge on any atom is -0.336 e. The van der Waals surface area contributed by atoms with Gasteiger partial charge in [0.1, 0.15) is 11.3 Å². The number of carbonyl (C=O) groups is 1. The minimum atomic E-state index is -0.626. The molecule has 0 aliphatic heterocycles. The molecule has 2 heterocycles. The number of hydrogen-bond acceptors (Lipinski definition) is 5. The first-order valence-electron chi connectivity index (χ1n) is 5.68. The summed E-state index contributed by atoms with van der Waals surface area (Å²) in [5.74, 6) is -0.444. The van der Waals surface area contributed by atoms with Gasteiger partial charge in [-0.05, 0) is 12.1 Å². The maximum absolute atomic E-state index is 12.3. The van der Waals surface area contributed by atoms with Crippen LogP contribution in [0.3, 0.4) is 0 Å². The molecule has 0 N–H and O–H groups in total. The van der Waals surface area contributed by atoms with Crippen molar-refractivity contribution in [1.82, 2.24) is 9.88 Å². The van der Waals surface area contributed by atoms with Gasteiger partial charge in [0.2, 0.25) is 0 Å². The number of hydrogen-bond donors (Lipinski definition) is 0. The van der Waals surface area contributed by atoms with Crippen LogP contribution in [0.4, 0.5) is 5.69 Å². The van der Waals surface area contributed by atoms with Gasteiger partial charge >= 0.3 is 0 Å². The lowest BCUT2D eigenvalue weighted by atomic mass is 10.2. The molecule has 0 unspecified atom stereocenters. The van der Waals surface area contributed by atoms with Crippen molar-refractivity contribution < 1.29 is 9.72 Å². The third-order valence-electron chi connectivity index (χ3n) is 2.63. The van der Waals surface area contributed by atoms with Crippen molar-refractivity contribution in [3.8, 4) is 0 Å². The normalized spacial score (nSPS) is 10.4. The molecule has 6 nitrogen and oxygen atoms in total. The van der Waals surface area contributed by atoms with E-state index in [0.29, 0.717) is 10.9 Å². The Hall–Kier alpha value is -1.70. The summed E-state index contributed by atoms with van der Waals surface area (Å²) in [4.78, 5) is 28.4. The quantitative estimate of drug-likeness (QED) is 0.481. The molecular formula is C12H9Cl2N3O3S. The van der Waals surface area contributed by atoms with Crippen LogP contribution in [0.15, 0.2) is 24.4 Å². The van der Waals surface area contributed by atoms with Crippen molar-refractivity contribution in [2.75, 3.05) is 7.05 Å². The van der Waals surface area contributed by atoms with Crippen molar-refractivity contribution in [1.29, 1.82) is 0 Å². The SMILES string of the molecule is CN(Cc1ccc(Cl)s1)C(=O)c1cc([N+](=O)[O-])cnc1Cl. The molecule has 2 aromatic heterocycles. The molecule has 21 heavy (non-hydrogen) atoms. The van der Waals surface area contributed by atoms with Crippen LogP contribution >= 0.6 is 34.5 Å². The van der Waals surface area contributed by atoms with E-state index in [0.717, 1.165) is 17.1 Å². The fourth-order valence-corrected chi connectivity index (χ4v) is 2.96. The Morgan fingerprint density at radius 3 is 2.76 bits per heavy atom. The van der Waals surface area contributed by atoms with Gasteiger partial charge in [-0.15, -0.1) is 11.3 Å². The third kappa shape index (κ3) is 3.69. The number of halogens is 2. The molecule has 2 rings (SSSR count). The van der Waals surface area contributed by atoms with E-state index in [9.17, 15) is 14.9 Å². The number of amides is 1. The number of nitrogens with zero attached hydrogens (tertiary/aromatic N) is 3. The van der Waals surface area contributed by atoms with E-state index in [1.807, 2.05) is 6.07 Å². The van der Waals surface area contributed by atoms with Crippen LogP contribution in [0, 0.1) is 10.1 Å². The zero-order chi connectivity index (χ0) is 15.6. The average Bonchev–Trinajstić information content (AvgIpc) is 2.83. The molecule has 0 fully saturated rings. The predicted octanol–water partition coefficient (Wildman–Crippen LogP) is 3.63. The Morgan fingerprint density at radius 2 is 2.19 bits per heavy atom. The van der Waals surface area contributed by atoms with Crippen LogP contribution in [0.1, 0.15) is 15.2 Å². The predicted molar refractivity (Wildman–Crippen MR) is 81.0 cm³/mol. The maximum Gasteiger partial charge on any atom is 0.288 e. The molecule has 0 aliphatic carbocycles. The highest BCUT2D eigenvalue weighted by Crippen LogP contribution is 2.24. The van der Waals surface area contributed by atoms with Crippen LogP contribution in [0.25, 0.3) is 0 Å². The smallest absolute Gasteiger partial charge is 0.288 e. The van der Waals surface area contributed by atoms with Gasteiger partial charge in [0.15, 0.2) is 0 Å². The summed E-state index contributed by atoms with van der Waals surface area (Å²) >= 11 is 13.0. The van der Waals surface area contributed by atoms with E-state index < -0.39 is 10.8 Å². The van der Waals surface area contributed by atoms with Crippen LogP contribution < -0.4 is 0 Å². The third-order valence-corrected chi connectivity index (χ3v) is 4.15. The van der Waals surface area contributed by atoms with Crippen LogP contribution in [-0.2, 0) is 6.54 Å². The first kappa shape index (κ1) is 15.7. The van der Waals surface area contributed by atoms with Gasteiger partial charge in [-0.25, -0.2) is 4.98 Å². The van der Waals surface area contributed by atoms with Gasteiger partial charge in [0.05, 0.1) is 21.4 Å². The molecule has 0 spiro atoms. The summed E-state index contributed by atoms with van der Waals surface area (Å²) in [7, 11) is 1.57. The largest absolute Gasteiger partial charge is 0.336 e. The first-order valence-corrected chi connectivity index (χ1v) is 7.25. The zero-order valence-electron chi connectivity index (χ0n) is 10.7. The molecule has 1 amide bonds. The van der Waals surface area contributed by atoms with E-state index in [-0.39, 0.29) is 16.4 Å². The lowest BCUT2D eigenvalue weighted by Gasteiger charge is -2.16. The summed E-state index contributed by atoms with van der Waals surface area (Å²) < 4.78 is 0.626. The number of pyridine rings is 1. The molecule has 2 aromatic rings. The highest BCUT2D eigenvalue weighted by molar-refractivity contribution is 7.16. The van der Waals surface area contributed by atoms with Gasteiger partial charge in [0, 0.05) is 18.0 Å². The lowest BCUT2D eigenvalue weighted by molar-refractivity contribution is -0.385. The fourth-order valence-electron chi connectivity index (χ4n) is 1.63. The Morgan fingerprint density at radius 1 is 1.48 bits per heavy atom. The summed E-state index contributed by atoms with van der Waals surface area (Å²) in [5.41, 5.74) is -0.286. The zero-order valence-corrected chi connectivity index (χ0v) is 13.1. The first-order chi connectivity index (χ1) is 9.88. The Balaban J connectivity index is 2.22. The van der Waals surface area contributed by atoms with Crippen molar-refractivity contribution in [2.45, 2.75) is 6.54 Å².